The van der Waals surface area contributed by atoms with E-state index in [4.69, 9.17) is 18.8 Å². The Labute approximate surface area is 157 Å². The predicted molar refractivity (Wildman–Crippen MR) is 94.4 cm³/mol. The third kappa shape index (κ3) is 4.40. The fourth-order valence-corrected chi connectivity index (χ4v) is 2.76. The highest BCUT2D eigenvalue weighted by molar-refractivity contribution is 6.48. The zero-order valence-electron chi connectivity index (χ0n) is 16.3. The Morgan fingerprint density at radius 1 is 1.11 bits per heavy atom. The summed E-state index contributed by atoms with van der Waals surface area (Å²) in [6.07, 6.45) is -5.49. The van der Waals surface area contributed by atoms with Gasteiger partial charge >= 0.3 is 13.3 Å². The van der Waals surface area contributed by atoms with Crippen molar-refractivity contribution in [2.24, 2.45) is 0 Å². The molecule has 0 bridgehead atoms. The second kappa shape index (κ2) is 7.35. The molecule has 150 valence electrons. The number of hydrogen-bond acceptors (Lipinski definition) is 5. The third-order valence-electron chi connectivity index (χ3n) is 5.13. The maximum absolute atomic E-state index is 13.7. The van der Waals surface area contributed by atoms with Crippen molar-refractivity contribution in [3.05, 3.63) is 23.8 Å². The molecule has 1 heterocycles. The molecule has 5 nitrogen and oxygen atoms in total. The Bertz CT molecular complexity index is 687. The molecule has 1 fully saturated rings. The van der Waals surface area contributed by atoms with Crippen molar-refractivity contribution < 1.29 is 36.7 Å². The number of carbonyl (C=O) groups excluding carboxylic acids is 1. The van der Waals surface area contributed by atoms with Crippen LogP contribution in [0.5, 0.6) is 11.5 Å². The molecule has 1 aliphatic rings. The van der Waals surface area contributed by atoms with E-state index in [9.17, 15) is 18.0 Å². The van der Waals surface area contributed by atoms with Crippen LogP contribution in [0.25, 0.3) is 0 Å². The number of halogens is 3. The number of benzene rings is 1. The van der Waals surface area contributed by atoms with Gasteiger partial charge in [-0.1, -0.05) is 0 Å². The van der Waals surface area contributed by atoms with Crippen molar-refractivity contribution >= 4 is 12.9 Å². The van der Waals surface area contributed by atoms with Gasteiger partial charge in [0.2, 0.25) is 0 Å². The van der Waals surface area contributed by atoms with Crippen molar-refractivity contribution in [1.29, 1.82) is 0 Å². The normalized spacial score (nSPS) is 19.7. The molecule has 0 spiro atoms. The third-order valence-corrected chi connectivity index (χ3v) is 5.13. The van der Waals surface area contributed by atoms with Gasteiger partial charge in [-0.05, 0) is 39.8 Å². The summed E-state index contributed by atoms with van der Waals surface area (Å²) in [6, 6.07) is 4.33. The smallest absolute Gasteiger partial charge is 0.470 e. The van der Waals surface area contributed by atoms with Crippen LogP contribution >= 0.6 is 0 Å². The highest BCUT2D eigenvalue weighted by Crippen LogP contribution is 2.46. The fraction of sp³-hybridized carbons (Fsp3) is 0.611. The van der Waals surface area contributed by atoms with Gasteiger partial charge in [0.05, 0.1) is 36.8 Å². The summed E-state index contributed by atoms with van der Waals surface area (Å²) in [6.45, 7) is 6.65. The van der Waals surface area contributed by atoms with Crippen LogP contribution in [-0.4, -0.2) is 44.5 Å². The number of rotatable bonds is 6. The number of carbonyl (C=O) groups is 1. The van der Waals surface area contributed by atoms with E-state index in [-0.39, 0.29) is 11.3 Å². The molecule has 0 saturated carbocycles. The second-order valence-electron chi connectivity index (χ2n) is 7.47. The number of methoxy groups -OCH3 is 2. The van der Waals surface area contributed by atoms with E-state index >= 15 is 0 Å². The summed E-state index contributed by atoms with van der Waals surface area (Å²) < 4.78 is 62.3. The van der Waals surface area contributed by atoms with Gasteiger partial charge in [0.25, 0.3) is 0 Å². The first-order valence-corrected chi connectivity index (χ1v) is 8.50. The molecule has 0 amide bonds. The lowest BCUT2D eigenvalue weighted by Crippen LogP contribution is -2.41. The molecule has 0 unspecified atom stereocenters. The molecule has 1 saturated heterocycles. The summed E-state index contributed by atoms with van der Waals surface area (Å²) in [5.41, 5.74) is -1.81. The van der Waals surface area contributed by atoms with Gasteiger partial charge < -0.3 is 18.8 Å². The molecular formula is C18H24BF3O5. The first-order valence-electron chi connectivity index (χ1n) is 8.50. The maximum Gasteiger partial charge on any atom is 0.470 e. The van der Waals surface area contributed by atoms with Gasteiger partial charge in [-0.25, -0.2) is 0 Å². The van der Waals surface area contributed by atoms with Gasteiger partial charge in [0.1, 0.15) is 11.5 Å². The lowest BCUT2D eigenvalue weighted by molar-refractivity contribution is -0.138. The monoisotopic (exact) mass is 388 g/mol. The standard InChI is InChI=1S/C18H24BF3O5/c1-16(2)17(3,4)27-19(26-16)15(18(20,21)22)10-13(23)12-8-7-11(24-5)9-14(12)25-6/h7-9,15H,10H2,1-6H3/t15-/m0/s1. The van der Waals surface area contributed by atoms with E-state index in [1.807, 2.05) is 0 Å². The van der Waals surface area contributed by atoms with Crippen LogP contribution in [0.15, 0.2) is 18.2 Å². The van der Waals surface area contributed by atoms with Gasteiger partial charge in [-0.2, -0.15) is 13.2 Å². The first-order chi connectivity index (χ1) is 12.3. The quantitative estimate of drug-likeness (QED) is 0.537. The highest BCUT2D eigenvalue weighted by Gasteiger charge is 2.60. The Morgan fingerprint density at radius 3 is 2.11 bits per heavy atom. The summed E-state index contributed by atoms with van der Waals surface area (Å²) in [7, 11) is 1.21. The zero-order valence-corrected chi connectivity index (χ0v) is 16.3. The van der Waals surface area contributed by atoms with Crippen molar-refractivity contribution in [2.75, 3.05) is 14.2 Å². The molecule has 1 atom stereocenters. The van der Waals surface area contributed by atoms with Crippen LogP contribution in [0, 0.1) is 0 Å². The predicted octanol–water partition coefficient (Wildman–Crippen LogP) is 4.30. The van der Waals surface area contributed by atoms with Gasteiger partial charge in [-0.3, -0.25) is 4.79 Å². The van der Waals surface area contributed by atoms with E-state index in [2.05, 4.69) is 0 Å². The average Bonchev–Trinajstić information content (AvgIpc) is 2.77. The molecule has 0 radical (unpaired) electrons. The number of alkyl halides is 3. The minimum Gasteiger partial charge on any atom is -0.497 e. The van der Waals surface area contributed by atoms with Crippen molar-refractivity contribution in [2.45, 2.75) is 57.3 Å². The average molecular weight is 388 g/mol. The molecule has 0 aromatic heterocycles. The first kappa shape index (κ1) is 21.6. The highest BCUT2D eigenvalue weighted by atomic mass is 19.4. The van der Waals surface area contributed by atoms with Crippen LogP contribution < -0.4 is 9.47 Å². The summed E-state index contributed by atoms with van der Waals surface area (Å²) in [5.74, 6) is -2.24. The molecule has 0 N–H and O–H groups in total. The van der Waals surface area contributed by atoms with Crippen LogP contribution in [-0.2, 0) is 9.31 Å². The Balaban J connectivity index is 2.29. The van der Waals surface area contributed by atoms with Crippen LogP contribution in [0.4, 0.5) is 13.2 Å². The maximum atomic E-state index is 13.7. The lowest BCUT2D eigenvalue weighted by atomic mass is 9.68. The molecule has 1 aromatic carbocycles. The van der Waals surface area contributed by atoms with Crippen LogP contribution in [0.3, 0.4) is 0 Å². The largest absolute Gasteiger partial charge is 0.497 e. The fourth-order valence-electron chi connectivity index (χ4n) is 2.76. The molecule has 27 heavy (non-hydrogen) atoms. The number of Topliss-reactive ketones (excluding diaryl/α,β-unsaturated/α-hetero) is 1. The van der Waals surface area contributed by atoms with Crippen LogP contribution in [0.2, 0.25) is 5.82 Å². The molecule has 1 aliphatic heterocycles. The van der Waals surface area contributed by atoms with Crippen molar-refractivity contribution in [1.82, 2.24) is 0 Å². The van der Waals surface area contributed by atoms with Crippen molar-refractivity contribution in [3.8, 4) is 11.5 Å². The number of hydrogen-bond donors (Lipinski definition) is 0. The van der Waals surface area contributed by atoms with Gasteiger partial charge in [-0.15, -0.1) is 0 Å². The zero-order chi connectivity index (χ0) is 20.6. The van der Waals surface area contributed by atoms with E-state index in [1.165, 1.54) is 32.4 Å². The minimum atomic E-state index is -4.67. The molecular weight excluding hydrogens is 364 g/mol. The molecule has 9 heteroatoms. The van der Waals surface area contributed by atoms with Crippen LogP contribution in [0.1, 0.15) is 44.5 Å². The minimum absolute atomic E-state index is 0.0454. The summed E-state index contributed by atoms with van der Waals surface area (Å²) in [4.78, 5) is 12.6. The van der Waals surface area contributed by atoms with E-state index in [1.54, 1.807) is 27.7 Å². The molecule has 1 aromatic rings. The Hall–Kier alpha value is -1.74. The Morgan fingerprint density at radius 2 is 1.67 bits per heavy atom. The number of ether oxygens (including phenoxy) is 2. The SMILES string of the molecule is COc1ccc(C(=O)C[C@H](B2OC(C)(C)C(C)(C)O2)C(F)(F)F)c(OC)c1. The molecule has 0 aliphatic carbocycles. The molecule has 2 rings (SSSR count). The topological polar surface area (TPSA) is 54.0 Å². The summed E-state index contributed by atoms with van der Waals surface area (Å²) in [5, 5.41) is 0. The van der Waals surface area contributed by atoms with Gasteiger partial charge in [0, 0.05) is 12.5 Å². The second-order valence-corrected chi connectivity index (χ2v) is 7.47. The summed E-state index contributed by atoms with van der Waals surface area (Å²) >= 11 is 0. The van der Waals surface area contributed by atoms with E-state index < -0.39 is 42.5 Å². The Kier molecular flexibility index (Phi) is 5.87. The van der Waals surface area contributed by atoms with E-state index in [0.29, 0.717) is 5.75 Å². The van der Waals surface area contributed by atoms with Crippen molar-refractivity contribution in [3.63, 3.8) is 0 Å². The number of ketones is 1. The van der Waals surface area contributed by atoms with E-state index in [0.717, 1.165) is 0 Å². The van der Waals surface area contributed by atoms with Gasteiger partial charge in [0.15, 0.2) is 5.78 Å². The lowest BCUT2D eigenvalue weighted by Gasteiger charge is -2.32.